The van der Waals surface area contributed by atoms with Gasteiger partial charge >= 0.3 is 0 Å². The Labute approximate surface area is 49.3 Å². The Bertz CT molecular complexity index is 96.7. The molecule has 0 aromatic heterocycles. The van der Waals surface area contributed by atoms with Crippen molar-refractivity contribution in [3.63, 3.8) is 0 Å². The molecule has 2 nitrogen and oxygen atoms in total. The highest BCUT2D eigenvalue weighted by molar-refractivity contribution is 5.80. The lowest BCUT2D eigenvalue weighted by Crippen LogP contribution is -2.16. The minimum absolute atomic E-state index is 0.118. The topological polar surface area (TPSA) is 31.2 Å². The molecule has 0 aliphatic heterocycles. The Morgan fingerprint density at radius 3 is 2.75 bits per heavy atom. The van der Waals surface area contributed by atoms with E-state index in [0.29, 0.717) is 12.5 Å². The van der Waals surface area contributed by atoms with Crippen molar-refractivity contribution in [1.29, 1.82) is 0 Å². The van der Waals surface area contributed by atoms with Crippen LogP contribution in [0.25, 0.3) is 0 Å². The van der Waals surface area contributed by atoms with E-state index in [0.717, 1.165) is 12.8 Å². The second-order valence-corrected chi connectivity index (χ2v) is 2.09. The largest absolute Gasteiger partial charge is 0.273 e. The molecular formula is C6H10NO. The average molecular weight is 112 g/mol. The zero-order valence-corrected chi connectivity index (χ0v) is 5.05. The summed E-state index contributed by atoms with van der Waals surface area (Å²) >= 11 is 0. The summed E-state index contributed by atoms with van der Waals surface area (Å²) in [6, 6.07) is 0. The molecule has 0 N–H and O–H groups in total. The molecule has 1 fully saturated rings. The minimum Gasteiger partial charge on any atom is -0.273 e. The summed E-state index contributed by atoms with van der Waals surface area (Å²) in [7, 11) is 0. The molecular weight excluding hydrogens is 102 g/mol. The lowest BCUT2D eigenvalue weighted by molar-refractivity contribution is -0.122. The molecule has 0 aromatic rings. The molecule has 1 amide bonds. The van der Waals surface area contributed by atoms with Crippen LogP contribution in [0.15, 0.2) is 0 Å². The number of carbonyl (C=O) groups is 1. The number of amides is 1. The van der Waals surface area contributed by atoms with E-state index in [1.54, 1.807) is 0 Å². The Kier molecular flexibility index (Phi) is 1.51. The molecule has 1 aliphatic carbocycles. The van der Waals surface area contributed by atoms with Crippen LogP contribution in [-0.4, -0.2) is 12.5 Å². The van der Waals surface area contributed by atoms with Crippen LogP contribution >= 0.6 is 0 Å². The summed E-state index contributed by atoms with van der Waals surface area (Å²) in [6.07, 6.45) is 2.14. The lowest BCUT2D eigenvalue weighted by atomic mass is 10.4. The first-order valence-electron chi connectivity index (χ1n) is 3.06. The molecule has 0 saturated heterocycles. The summed E-state index contributed by atoms with van der Waals surface area (Å²) < 4.78 is 0. The minimum atomic E-state index is 0.118. The SMILES string of the molecule is CC[N]C(=O)C1CC1. The molecule has 8 heavy (non-hydrogen) atoms. The van der Waals surface area contributed by atoms with E-state index in [2.05, 4.69) is 5.32 Å². The Hall–Kier alpha value is -0.530. The van der Waals surface area contributed by atoms with Crippen LogP contribution in [0.2, 0.25) is 0 Å². The number of hydrogen-bond donors (Lipinski definition) is 0. The number of rotatable bonds is 2. The van der Waals surface area contributed by atoms with Gasteiger partial charge in [-0.1, -0.05) is 0 Å². The maximum absolute atomic E-state index is 10.6. The van der Waals surface area contributed by atoms with E-state index in [-0.39, 0.29) is 5.91 Å². The molecule has 1 saturated carbocycles. The maximum Gasteiger partial charge on any atom is 0.244 e. The van der Waals surface area contributed by atoms with Crippen molar-refractivity contribution < 1.29 is 4.79 Å². The van der Waals surface area contributed by atoms with Gasteiger partial charge in [-0.2, -0.15) is 0 Å². The van der Waals surface area contributed by atoms with E-state index in [1.807, 2.05) is 6.92 Å². The van der Waals surface area contributed by atoms with Gasteiger partial charge in [0.05, 0.1) is 0 Å². The first-order chi connectivity index (χ1) is 3.84. The highest BCUT2D eigenvalue weighted by atomic mass is 16.2. The fourth-order valence-corrected chi connectivity index (χ4v) is 0.615. The predicted molar refractivity (Wildman–Crippen MR) is 30.4 cm³/mol. The van der Waals surface area contributed by atoms with Crippen molar-refractivity contribution in [2.45, 2.75) is 19.8 Å². The van der Waals surface area contributed by atoms with Gasteiger partial charge in [-0.05, 0) is 19.8 Å². The first kappa shape index (κ1) is 5.60. The smallest absolute Gasteiger partial charge is 0.244 e. The average Bonchev–Trinajstić information content (AvgIpc) is 2.45. The quantitative estimate of drug-likeness (QED) is 0.513. The summed E-state index contributed by atoms with van der Waals surface area (Å²) in [5.74, 6) is 0.433. The number of hydrogen-bond acceptors (Lipinski definition) is 1. The van der Waals surface area contributed by atoms with Gasteiger partial charge in [0.25, 0.3) is 0 Å². The molecule has 1 aliphatic rings. The van der Waals surface area contributed by atoms with E-state index >= 15 is 0 Å². The third kappa shape index (κ3) is 1.22. The van der Waals surface area contributed by atoms with Crippen molar-refractivity contribution in [1.82, 2.24) is 5.32 Å². The maximum atomic E-state index is 10.6. The lowest BCUT2D eigenvalue weighted by Gasteiger charge is -1.91. The third-order valence-corrected chi connectivity index (χ3v) is 1.24. The van der Waals surface area contributed by atoms with Crippen molar-refractivity contribution >= 4 is 5.91 Å². The molecule has 1 rings (SSSR count). The molecule has 2 heteroatoms. The van der Waals surface area contributed by atoms with Gasteiger partial charge in [0, 0.05) is 12.5 Å². The van der Waals surface area contributed by atoms with Gasteiger partial charge in [-0.25, -0.2) is 0 Å². The van der Waals surface area contributed by atoms with Gasteiger partial charge in [-0.3, -0.25) is 10.1 Å². The molecule has 1 radical (unpaired) electrons. The van der Waals surface area contributed by atoms with Crippen LogP contribution in [0.5, 0.6) is 0 Å². The Morgan fingerprint density at radius 1 is 1.75 bits per heavy atom. The van der Waals surface area contributed by atoms with Crippen LogP contribution in [0.1, 0.15) is 19.8 Å². The van der Waals surface area contributed by atoms with Gasteiger partial charge in [-0.15, -0.1) is 0 Å². The zero-order chi connectivity index (χ0) is 5.98. The van der Waals surface area contributed by atoms with Gasteiger partial charge < -0.3 is 0 Å². The molecule has 0 heterocycles. The summed E-state index contributed by atoms with van der Waals surface area (Å²) in [5.41, 5.74) is 0. The highest BCUT2D eigenvalue weighted by Gasteiger charge is 2.29. The summed E-state index contributed by atoms with van der Waals surface area (Å²) in [4.78, 5) is 10.6. The second-order valence-electron chi connectivity index (χ2n) is 2.09. The van der Waals surface area contributed by atoms with E-state index in [1.165, 1.54) is 0 Å². The summed E-state index contributed by atoms with van der Waals surface area (Å²) in [5, 5.41) is 3.75. The van der Waals surface area contributed by atoms with Crippen molar-refractivity contribution in [3.05, 3.63) is 0 Å². The third-order valence-electron chi connectivity index (χ3n) is 1.24. The fourth-order valence-electron chi connectivity index (χ4n) is 0.615. The van der Waals surface area contributed by atoms with Crippen LogP contribution in [0.4, 0.5) is 0 Å². The second kappa shape index (κ2) is 2.16. The fraction of sp³-hybridized carbons (Fsp3) is 0.833. The zero-order valence-electron chi connectivity index (χ0n) is 5.05. The van der Waals surface area contributed by atoms with Gasteiger partial charge in [0.1, 0.15) is 0 Å². The first-order valence-corrected chi connectivity index (χ1v) is 3.06. The number of carbonyl (C=O) groups excluding carboxylic acids is 1. The molecule has 0 unspecified atom stereocenters. The standard InChI is InChI=1S/C6H10NO/c1-2-7-6(8)5-3-4-5/h5H,2-4H2,1H3. The molecule has 0 atom stereocenters. The Balaban J connectivity index is 2.13. The molecule has 0 bridgehead atoms. The molecule has 45 valence electrons. The van der Waals surface area contributed by atoms with Crippen LogP contribution < -0.4 is 5.32 Å². The van der Waals surface area contributed by atoms with Crippen LogP contribution in [-0.2, 0) is 4.79 Å². The van der Waals surface area contributed by atoms with Gasteiger partial charge in [0.2, 0.25) is 5.91 Å². The highest BCUT2D eigenvalue weighted by Crippen LogP contribution is 2.28. The predicted octanol–water partition coefficient (Wildman–Crippen LogP) is 0.547. The normalized spacial score (nSPS) is 18.1. The number of nitrogens with zero attached hydrogens (tertiary/aromatic N) is 1. The Morgan fingerprint density at radius 2 is 2.38 bits per heavy atom. The van der Waals surface area contributed by atoms with E-state index in [4.69, 9.17) is 0 Å². The van der Waals surface area contributed by atoms with E-state index in [9.17, 15) is 4.79 Å². The van der Waals surface area contributed by atoms with Gasteiger partial charge in [0.15, 0.2) is 0 Å². The molecule has 0 spiro atoms. The van der Waals surface area contributed by atoms with Crippen molar-refractivity contribution in [2.24, 2.45) is 5.92 Å². The van der Waals surface area contributed by atoms with Crippen molar-refractivity contribution in [3.8, 4) is 0 Å². The molecule has 0 aromatic carbocycles. The van der Waals surface area contributed by atoms with Crippen LogP contribution in [0.3, 0.4) is 0 Å². The van der Waals surface area contributed by atoms with Crippen LogP contribution in [0, 0.1) is 5.92 Å². The summed E-state index contributed by atoms with van der Waals surface area (Å²) in [6.45, 7) is 2.54. The van der Waals surface area contributed by atoms with E-state index < -0.39 is 0 Å². The monoisotopic (exact) mass is 112 g/mol. The van der Waals surface area contributed by atoms with Crippen molar-refractivity contribution in [2.75, 3.05) is 6.54 Å².